The average molecular weight is 223 g/mol. The van der Waals surface area contributed by atoms with Crippen molar-refractivity contribution in [1.82, 2.24) is 24.6 Å². The van der Waals surface area contributed by atoms with E-state index in [2.05, 4.69) is 19.9 Å². The summed E-state index contributed by atoms with van der Waals surface area (Å²) in [7, 11) is 0. The maximum atomic E-state index is 11.9. The Morgan fingerprint density at radius 2 is 2.47 bits per heavy atom. The van der Waals surface area contributed by atoms with Crippen LogP contribution in [0.2, 0.25) is 0 Å². The van der Waals surface area contributed by atoms with Crippen LogP contribution in [0.4, 0.5) is 0 Å². The molecule has 2 heterocycles. The number of carbonyl (C=O) groups excluding carboxylic acids is 1. The van der Waals surface area contributed by atoms with Crippen LogP contribution in [0, 0.1) is 0 Å². The number of rotatable bonds is 4. The third-order valence-electron chi connectivity index (χ3n) is 1.88. The molecule has 7 heteroatoms. The molecule has 0 aliphatic heterocycles. The molecule has 0 spiro atoms. The molecule has 0 unspecified atom stereocenters. The summed E-state index contributed by atoms with van der Waals surface area (Å²) in [5, 5.41) is 12.9. The van der Waals surface area contributed by atoms with Crippen LogP contribution in [0.1, 0.15) is 29.5 Å². The summed E-state index contributed by atoms with van der Waals surface area (Å²) in [6.45, 7) is 2.69. The van der Waals surface area contributed by atoms with Crippen molar-refractivity contribution < 1.29 is 4.79 Å². The Bertz CT molecular complexity index is 449. The predicted octanol–water partition coefficient (Wildman–Crippen LogP) is 0.771. The first kappa shape index (κ1) is 9.91. The van der Waals surface area contributed by atoms with E-state index >= 15 is 0 Å². The first-order valence-electron chi connectivity index (χ1n) is 4.53. The monoisotopic (exact) mass is 223 g/mol. The Labute approximate surface area is 90.1 Å². The Balaban J connectivity index is 2.29. The molecule has 0 atom stereocenters. The minimum absolute atomic E-state index is 0.179. The van der Waals surface area contributed by atoms with Gasteiger partial charge in [0, 0.05) is 11.9 Å². The van der Waals surface area contributed by atoms with Crippen LogP contribution in [-0.2, 0) is 6.54 Å². The zero-order valence-electron chi connectivity index (χ0n) is 8.12. The highest BCUT2D eigenvalue weighted by Gasteiger charge is 2.17. The Hall–Kier alpha value is -1.63. The first-order chi connectivity index (χ1) is 7.33. The van der Waals surface area contributed by atoms with E-state index in [0.717, 1.165) is 18.0 Å². The van der Waals surface area contributed by atoms with Gasteiger partial charge in [-0.1, -0.05) is 16.6 Å². The lowest BCUT2D eigenvalue weighted by molar-refractivity contribution is 0.102. The van der Waals surface area contributed by atoms with Gasteiger partial charge in [-0.3, -0.25) is 4.79 Å². The maximum absolute atomic E-state index is 11.9. The number of ketones is 1. The average Bonchev–Trinajstić information content (AvgIpc) is 2.87. The summed E-state index contributed by atoms with van der Waals surface area (Å²) >= 11 is 1.15. The highest BCUT2D eigenvalue weighted by atomic mass is 32.1. The highest BCUT2D eigenvalue weighted by molar-refractivity contribution is 7.03. The topological polar surface area (TPSA) is 73.6 Å². The van der Waals surface area contributed by atoms with Crippen molar-refractivity contribution >= 4 is 17.3 Å². The standard InChI is InChI=1S/C8H9N5OS/c1-2-3-13-7(4-9-11-13)8(14)6-5-15-12-10-6/h4-5H,2-3H2,1H3. The number of nitrogens with zero attached hydrogens (tertiary/aromatic N) is 5. The van der Waals surface area contributed by atoms with E-state index in [1.807, 2.05) is 6.92 Å². The van der Waals surface area contributed by atoms with Gasteiger partial charge in [-0.25, -0.2) is 4.68 Å². The summed E-state index contributed by atoms with van der Waals surface area (Å²) < 4.78 is 5.23. The second kappa shape index (κ2) is 4.26. The number of hydrogen-bond donors (Lipinski definition) is 0. The van der Waals surface area contributed by atoms with E-state index in [-0.39, 0.29) is 5.78 Å². The normalized spacial score (nSPS) is 10.5. The number of aromatic nitrogens is 5. The Kier molecular flexibility index (Phi) is 2.82. The van der Waals surface area contributed by atoms with Crippen LogP contribution < -0.4 is 0 Å². The van der Waals surface area contributed by atoms with Gasteiger partial charge < -0.3 is 0 Å². The molecule has 0 N–H and O–H groups in total. The van der Waals surface area contributed by atoms with Crippen LogP contribution in [0.3, 0.4) is 0 Å². The molecule has 78 valence electrons. The zero-order valence-corrected chi connectivity index (χ0v) is 8.94. The van der Waals surface area contributed by atoms with Gasteiger partial charge in [-0.05, 0) is 18.0 Å². The molecule has 0 radical (unpaired) electrons. The summed E-state index contributed by atoms with van der Waals surface area (Å²) in [5.74, 6) is -0.179. The molecule has 0 fully saturated rings. The summed E-state index contributed by atoms with van der Waals surface area (Å²) in [5.41, 5.74) is 0.809. The van der Waals surface area contributed by atoms with Crippen LogP contribution in [-0.4, -0.2) is 30.4 Å². The molecule has 2 rings (SSSR count). The summed E-state index contributed by atoms with van der Waals surface area (Å²) in [6, 6.07) is 0. The van der Waals surface area contributed by atoms with Crippen LogP contribution in [0.15, 0.2) is 11.6 Å². The largest absolute Gasteiger partial charge is 0.285 e. The van der Waals surface area contributed by atoms with Crippen molar-refractivity contribution in [1.29, 1.82) is 0 Å². The molecule has 6 nitrogen and oxygen atoms in total. The number of hydrogen-bond acceptors (Lipinski definition) is 6. The molecule has 15 heavy (non-hydrogen) atoms. The van der Waals surface area contributed by atoms with Gasteiger partial charge >= 0.3 is 0 Å². The van der Waals surface area contributed by atoms with Crippen molar-refractivity contribution in [2.45, 2.75) is 19.9 Å². The lowest BCUT2D eigenvalue weighted by Gasteiger charge is -2.00. The van der Waals surface area contributed by atoms with Gasteiger partial charge in [0.1, 0.15) is 11.4 Å². The number of carbonyl (C=O) groups is 1. The molecule has 0 aliphatic carbocycles. The second-order valence-corrected chi connectivity index (χ2v) is 3.57. The highest BCUT2D eigenvalue weighted by Crippen LogP contribution is 2.07. The third kappa shape index (κ3) is 1.91. The summed E-state index contributed by atoms with van der Waals surface area (Å²) in [4.78, 5) is 11.9. The molecule has 0 aromatic carbocycles. The van der Waals surface area contributed by atoms with Crippen molar-refractivity contribution in [3.05, 3.63) is 23.0 Å². The molecule has 0 saturated heterocycles. The van der Waals surface area contributed by atoms with E-state index < -0.39 is 0 Å². The molecular weight excluding hydrogens is 214 g/mol. The lowest BCUT2D eigenvalue weighted by atomic mass is 10.2. The molecule has 2 aromatic rings. The zero-order chi connectivity index (χ0) is 10.7. The minimum Gasteiger partial charge on any atom is -0.285 e. The van der Waals surface area contributed by atoms with Gasteiger partial charge in [-0.2, -0.15) is 0 Å². The number of aryl methyl sites for hydroxylation is 1. The predicted molar refractivity (Wildman–Crippen MR) is 53.7 cm³/mol. The van der Waals surface area contributed by atoms with E-state index in [1.54, 1.807) is 10.1 Å². The molecule has 0 bridgehead atoms. The van der Waals surface area contributed by atoms with E-state index in [1.165, 1.54) is 6.20 Å². The Morgan fingerprint density at radius 1 is 1.60 bits per heavy atom. The van der Waals surface area contributed by atoms with Gasteiger partial charge in [0.2, 0.25) is 5.78 Å². The van der Waals surface area contributed by atoms with Crippen molar-refractivity contribution in [3.63, 3.8) is 0 Å². The van der Waals surface area contributed by atoms with Crippen molar-refractivity contribution in [3.8, 4) is 0 Å². The van der Waals surface area contributed by atoms with Crippen molar-refractivity contribution in [2.24, 2.45) is 0 Å². The molecule has 0 saturated carbocycles. The molecule has 0 amide bonds. The third-order valence-corrected chi connectivity index (χ3v) is 2.38. The van der Waals surface area contributed by atoms with Gasteiger partial charge in [-0.15, -0.1) is 10.2 Å². The van der Waals surface area contributed by atoms with Gasteiger partial charge in [0.15, 0.2) is 0 Å². The molecular formula is C8H9N5OS. The SMILES string of the molecule is CCCn1nncc1C(=O)c1csnn1. The molecule has 2 aromatic heterocycles. The van der Waals surface area contributed by atoms with E-state index in [9.17, 15) is 4.79 Å². The fourth-order valence-corrected chi connectivity index (χ4v) is 1.64. The van der Waals surface area contributed by atoms with E-state index in [4.69, 9.17) is 0 Å². The van der Waals surface area contributed by atoms with Crippen LogP contribution in [0.25, 0.3) is 0 Å². The quantitative estimate of drug-likeness (QED) is 0.716. The minimum atomic E-state index is -0.179. The fraction of sp³-hybridized carbons (Fsp3) is 0.375. The van der Waals surface area contributed by atoms with Gasteiger partial charge in [0.25, 0.3) is 0 Å². The summed E-state index contributed by atoms with van der Waals surface area (Å²) in [6.07, 6.45) is 2.36. The van der Waals surface area contributed by atoms with Gasteiger partial charge in [0.05, 0.1) is 6.20 Å². The van der Waals surface area contributed by atoms with Crippen LogP contribution >= 0.6 is 11.5 Å². The lowest BCUT2D eigenvalue weighted by Crippen LogP contribution is -2.11. The Morgan fingerprint density at radius 3 is 3.13 bits per heavy atom. The van der Waals surface area contributed by atoms with E-state index in [0.29, 0.717) is 17.9 Å². The maximum Gasteiger partial charge on any atom is 0.233 e. The smallest absolute Gasteiger partial charge is 0.233 e. The first-order valence-corrected chi connectivity index (χ1v) is 5.37. The second-order valence-electron chi connectivity index (χ2n) is 2.96. The fourth-order valence-electron chi connectivity index (χ4n) is 1.21. The molecule has 0 aliphatic rings. The van der Waals surface area contributed by atoms with Crippen LogP contribution in [0.5, 0.6) is 0 Å². The van der Waals surface area contributed by atoms with Crippen molar-refractivity contribution in [2.75, 3.05) is 0 Å².